The number of primary amides is 1. The van der Waals surface area contributed by atoms with Gasteiger partial charge in [-0.1, -0.05) is 6.07 Å². The van der Waals surface area contributed by atoms with Crippen LogP contribution in [0.1, 0.15) is 28.9 Å². The van der Waals surface area contributed by atoms with E-state index in [4.69, 9.17) is 10.5 Å². The molecule has 5 heteroatoms. The average molecular weight is 271 g/mol. The lowest BCUT2D eigenvalue weighted by Crippen LogP contribution is -2.13. The molecule has 0 aliphatic rings. The summed E-state index contributed by atoms with van der Waals surface area (Å²) in [5.74, 6) is 0.190. The third kappa shape index (κ3) is 3.06. The van der Waals surface area contributed by atoms with E-state index in [0.29, 0.717) is 11.3 Å². The molecule has 3 N–H and O–H groups in total. The van der Waals surface area contributed by atoms with Crippen molar-refractivity contribution < 1.29 is 9.53 Å². The van der Waals surface area contributed by atoms with E-state index in [1.54, 1.807) is 37.7 Å². The van der Waals surface area contributed by atoms with E-state index in [0.717, 1.165) is 11.3 Å². The number of ether oxygens (including phenoxy) is 1. The smallest absolute Gasteiger partial charge is 0.248 e. The van der Waals surface area contributed by atoms with E-state index in [1.807, 2.05) is 19.1 Å². The Bertz CT molecular complexity index is 599. The van der Waals surface area contributed by atoms with E-state index in [2.05, 4.69) is 10.3 Å². The first kappa shape index (κ1) is 13.9. The minimum atomic E-state index is -0.468. The number of methoxy groups -OCH3 is 1. The van der Waals surface area contributed by atoms with Crippen molar-refractivity contribution in [2.75, 3.05) is 12.4 Å². The quantitative estimate of drug-likeness (QED) is 0.875. The molecule has 0 aliphatic carbocycles. The van der Waals surface area contributed by atoms with Gasteiger partial charge in [-0.05, 0) is 36.8 Å². The number of pyridine rings is 1. The maximum absolute atomic E-state index is 11.3. The molecule has 0 fully saturated rings. The van der Waals surface area contributed by atoms with Gasteiger partial charge in [0.2, 0.25) is 5.91 Å². The summed E-state index contributed by atoms with van der Waals surface area (Å²) in [6, 6.07) is 8.94. The summed E-state index contributed by atoms with van der Waals surface area (Å²) in [7, 11) is 1.58. The second-order valence-corrected chi connectivity index (χ2v) is 4.43. The van der Waals surface area contributed by atoms with Crippen LogP contribution in [-0.4, -0.2) is 18.0 Å². The number of anilines is 1. The summed E-state index contributed by atoms with van der Waals surface area (Å²) in [6.45, 7) is 2.01. The van der Waals surface area contributed by atoms with Crippen molar-refractivity contribution >= 4 is 11.6 Å². The highest BCUT2D eigenvalue weighted by Crippen LogP contribution is 2.29. The third-order valence-corrected chi connectivity index (χ3v) is 3.04. The number of benzene rings is 1. The first-order chi connectivity index (χ1) is 9.61. The lowest BCUT2D eigenvalue weighted by atomic mass is 10.1. The third-order valence-electron chi connectivity index (χ3n) is 3.04. The normalized spacial score (nSPS) is 11.7. The van der Waals surface area contributed by atoms with Gasteiger partial charge in [-0.15, -0.1) is 0 Å². The van der Waals surface area contributed by atoms with E-state index in [9.17, 15) is 4.79 Å². The van der Waals surface area contributed by atoms with E-state index < -0.39 is 5.91 Å². The number of carbonyl (C=O) groups excluding carboxylic acids is 1. The minimum absolute atomic E-state index is 0.0285. The monoisotopic (exact) mass is 271 g/mol. The Morgan fingerprint density at radius 2 is 2.20 bits per heavy atom. The van der Waals surface area contributed by atoms with Gasteiger partial charge < -0.3 is 15.8 Å². The summed E-state index contributed by atoms with van der Waals surface area (Å²) < 4.78 is 5.29. The molecule has 104 valence electrons. The van der Waals surface area contributed by atoms with Gasteiger partial charge in [-0.25, -0.2) is 0 Å². The van der Waals surface area contributed by atoms with Crippen molar-refractivity contribution in [1.82, 2.24) is 4.98 Å². The fraction of sp³-hybridized carbons (Fsp3) is 0.200. The topological polar surface area (TPSA) is 77.2 Å². The van der Waals surface area contributed by atoms with Crippen LogP contribution in [0.3, 0.4) is 0 Å². The molecule has 0 spiro atoms. The SMILES string of the molecule is COc1ccc(C(N)=O)cc1NC(C)c1cccnc1. The molecular formula is C15H17N3O2. The zero-order valence-electron chi connectivity index (χ0n) is 11.5. The van der Waals surface area contributed by atoms with Crippen LogP contribution in [0.5, 0.6) is 5.75 Å². The molecule has 0 aliphatic heterocycles. The molecule has 2 aromatic rings. The number of aromatic nitrogens is 1. The number of hydrogen-bond donors (Lipinski definition) is 2. The van der Waals surface area contributed by atoms with Crippen molar-refractivity contribution in [2.24, 2.45) is 5.73 Å². The number of amides is 1. The summed E-state index contributed by atoms with van der Waals surface area (Å²) in [5.41, 5.74) is 7.50. The second kappa shape index (κ2) is 6.06. The van der Waals surface area contributed by atoms with E-state index >= 15 is 0 Å². The highest BCUT2D eigenvalue weighted by molar-refractivity contribution is 5.94. The zero-order valence-corrected chi connectivity index (χ0v) is 11.5. The number of nitrogens with zero attached hydrogens (tertiary/aromatic N) is 1. The Morgan fingerprint density at radius 3 is 2.80 bits per heavy atom. The van der Waals surface area contributed by atoms with Gasteiger partial charge in [-0.3, -0.25) is 9.78 Å². The predicted molar refractivity (Wildman–Crippen MR) is 77.8 cm³/mol. The number of nitrogens with two attached hydrogens (primary N) is 1. The van der Waals surface area contributed by atoms with Crippen LogP contribution in [0.15, 0.2) is 42.7 Å². The Hall–Kier alpha value is -2.56. The summed E-state index contributed by atoms with van der Waals surface area (Å²) in [4.78, 5) is 15.3. The molecule has 20 heavy (non-hydrogen) atoms. The zero-order chi connectivity index (χ0) is 14.5. The van der Waals surface area contributed by atoms with Gasteiger partial charge in [0.05, 0.1) is 18.8 Å². The van der Waals surface area contributed by atoms with E-state index in [-0.39, 0.29) is 6.04 Å². The van der Waals surface area contributed by atoms with Crippen LogP contribution in [0.25, 0.3) is 0 Å². The molecule has 1 heterocycles. The molecule has 1 aromatic carbocycles. The first-order valence-corrected chi connectivity index (χ1v) is 6.26. The van der Waals surface area contributed by atoms with Gasteiger partial charge in [0.1, 0.15) is 5.75 Å². The van der Waals surface area contributed by atoms with Crippen molar-refractivity contribution in [3.8, 4) is 5.75 Å². The molecule has 2 rings (SSSR count). The van der Waals surface area contributed by atoms with Crippen LogP contribution >= 0.6 is 0 Å². The van der Waals surface area contributed by atoms with Crippen LogP contribution in [-0.2, 0) is 0 Å². The molecule has 0 radical (unpaired) electrons. The Balaban J connectivity index is 2.27. The van der Waals surface area contributed by atoms with Crippen molar-refractivity contribution in [2.45, 2.75) is 13.0 Å². The lowest BCUT2D eigenvalue weighted by molar-refractivity contribution is 0.100. The fourth-order valence-electron chi connectivity index (χ4n) is 1.92. The fourth-order valence-corrected chi connectivity index (χ4v) is 1.92. The average Bonchev–Trinajstić information content (AvgIpc) is 2.48. The van der Waals surface area contributed by atoms with Crippen molar-refractivity contribution in [1.29, 1.82) is 0 Å². The number of carbonyl (C=O) groups is 1. The van der Waals surface area contributed by atoms with E-state index in [1.165, 1.54) is 0 Å². The van der Waals surface area contributed by atoms with Gasteiger partial charge >= 0.3 is 0 Å². The Kier molecular flexibility index (Phi) is 4.20. The molecule has 1 aromatic heterocycles. The van der Waals surface area contributed by atoms with Crippen LogP contribution in [0, 0.1) is 0 Å². The van der Waals surface area contributed by atoms with Gasteiger partial charge in [0.15, 0.2) is 0 Å². The summed E-state index contributed by atoms with van der Waals surface area (Å²) >= 11 is 0. The largest absolute Gasteiger partial charge is 0.495 e. The molecular weight excluding hydrogens is 254 g/mol. The summed E-state index contributed by atoms with van der Waals surface area (Å²) in [6.07, 6.45) is 3.52. The van der Waals surface area contributed by atoms with Gasteiger partial charge in [0, 0.05) is 18.0 Å². The highest BCUT2D eigenvalue weighted by atomic mass is 16.5. The Morgan fingerprint density at radius 1 is 1.40 bits per heavy atom. The highest BCUT2D eigenvalue weighted by Gasteiger charge is 2.11. The van der Waals surface area contributed by atoms with Crippen LogP contribution < -0.4 is 15.8 Å². The predicted octanol–water partition coefficient (Wildman–Crippen LogP) is 2.36. The molecule has 0 saturated heterocycles. The first-order valence-electron chi connectivity index (χ1n) is 6.26. The maximum Gasteiger partial charge on any atom is 0.248 e. The van der Waals surface area contributed by atoms with Gasteiger partial charge in [-0.2, -0.15) is 0 Å². The number of rotatable bonds is 5. The van der Waals surface area contributed by atoms with Gasteiger partial charge in [0.25, 0.3) is 0 Å². The molecule has 1 unspecified atom stereocenters. The number of hydrogen-bond acceptors (Lipinski definition) is 4. The molecule has 1 atom stereocenters. The molecule has 0 bridgehead atoms. The van der Waals surface area contributed by atoms with Crippen molar-refractivity contribution in [3.63, 3.8) is 0 Å². The Labute approximate surface area is 117 Å². The molecule has 5 nitrogen and oxygen atoms in total. The molecule has 1 amide bonds. The standard InChI is InChI=1S/C15H17N3O2/c1-10(12-4-3-7-17-9-12)18-13-8-11(15(16)19)5-6-14(13)20-2/h3-10,18H,1-2H3,(H2,16,19). The maximum atomic E-state index is 11.3. The lowest BCUT2D eigenvalue weighted by Gasteiger charge is -2.18. The second-order valence-electron chi connectivity index (χ2n) is 4.43. The van der Waals surface area contributed by atoms with Crippen molar-refractivity contribution in [3.05, 3.63) is 53.9 Å². The van der Waals surface area contributed by atoms with Crippen LogP contribution in [0.4, 0.5) is 5.69 Å². The number of nitrogens with one attached hydrogen (secondary N) is 1. The van der Waals surface area contributed by atoms with Crippen LogP contribution in [0.2, 0.25) is 0 Å². The molecule has 0 saturated carbocycles. The minimum Gasteiger partial charge on any atom is -0.495 e. The summed E-state index contributed by atoms with van der Waals surface area (Å²) in [5, 5.41) is 3.30.